The Hall–Kier alpha value is -0.0800. The quantitative estimate of drug-likeness (QED) is 0.718. The van der Waals surface area contributed by atoms with E-state index in [4.69, 9.17) is 0 Å². The van der Waals surface area contributed by atoms with Gasteiger partial charge in [-0.3, -0.25) is 0 Å². The van der Waals surface area contributed by atoms with Crippen molar-refractivity contribution >= 4 is 0 Å². The molecule has 2 saturated carbocycles. The van der Waals surface area contributed by atoms with E-state index < -0.39 is 0 Å². The van der Waals surface area contributed by atoms with Gasteiger partial charge in [0.25, 0.3) is 0 Å². The summed E-state index contributed by atoms with van der Waals surface area (Å²) >= 11 is 0. The Labute approximate surface area is 120 Å². The molecule has 0 heterocycles. The van der Waals surface area contributed by atoms with E-state index in [0.717, 1.165) is 12.0 Å². The zero-order valence-corrected chi connectivity index (χ0v) is 13.4. The third kappa shape index (κ3) is 4.75. The maximum Gasteiger partial charge on any atom is 0.0190 e. The summed E-state index contributed by atoms with van der Waals surface area (Å²) < 4.78 is 0. The van der Waals surface area contributed by atoms with E-state index in [9.17, 15) is 0 Å². The lowest BCUT2D eigenvalue weighted by molar-refractivity contribution is 0.173. The fourth-order valence-electron chi connectivity index (χ4n) is 3.55. The first kappa shape index (κ1) is 15.3. The molecule has 0 unspecified atom stereocenters. The van der Waals surface area contributed by atoms with Gasteiger partial charge in [-0.05, 0) is 58.0 Å². The Kier molecular flexibility index (Phi) is 5.70. The highest BCUT2D eigenvalue weighted by molar-refractivity contribution is 4.92. The van der Waals surface area contributed by atoms with E-state index in [2.05, 4.69) is 31.1 Å². The van der Waals surface area contributed by atoms with Crippen LogP contribution in [0.5, 0.6) is 0 Å². The van der Waals surface area contributed by atoms with Crippen LogP contribution in [-0.2, 0) is 0 Å². The van der Waals surface area contributed by atoms with Gasteiger partial charge >= 0.3 is 0 Å². The van der Waals surface area contributed by atoms with Crippen molar-refractivity contribution in [2.45, 2.75) is 83.2 Å². The van der Waals surface area contributed by atoms with Crippen LogP contribution in [-0.4, -0.2) is 36.6 Å². The van der Waals surface area contributed by atoms with Gasteiger partial charge < -0.3 is 10.2 Å². The lowest BCUT2D eigenvalue weighted by Gasteiger charge is -2.39. The second-order valence-electron chi connectivity index (χ2n) is 7.29. The largest absolute Gasteiger partial charge is 0.314 e. The predicted octanol–water partition coefficient (Wildman–Crippen LogP) is 3.81. The Bertz CT molecular complexity index is 252. The van der Waals surface area contributed by atoms with Gasteiger partial charge in [-0.15, -0.1) is 0 Å². The van der Waals surface area contributed by atoms with Gasteiger partial charge in [0.15, 0.2) is 0 Å². The van der Waals surface area contributed by atoms with Gasteiger partial charge in [0.05, 0.1) is 0 Å². The third-order valence-corrected chi connectivity index (χ3v) is 5.28. The first-order valence-electron chi connectivity index (χ1n) is 8.58. The second kappa shape index (κ2) is 7.08. The molecule has 19 heavy (non-hydrogen) atoms. The van der Waals surface area contributed by atoms with E-state index in [1.165, 1.54) is 70.9 Å². The molecule has 2 rings (SSSR count). The predicted molar refractivity (Wildman–Crippen MR) is 83.5 cm³/mol. The molecular formula is C17H34N2. The summed E-state index contributed by atoms with van der Waals surface area (Å²) in [6.45, 7) is 7.34. The van der Waals surface area contributed by atoms with Gasteiger partial charge in [-0.1, -0.05) is 33.1 Å². The SMILES string of the molecule is CNC1(CCN(CCC(C)C)C2CC2)CCCCC1. The summed E-state index contributed by atoms with van der Waals surface area (Å²) in [5.41, 5.74) is 0.462. The molecule has 0 aromatic heterocycles. The fraction of sp³-hybridized carbons (Fsp3) is 1.00. The summed E-state index contributed by atoms with van der Waals surface area (Å²) in [5, 5.41) is 3.67. The van der Waals surface area contributed by atoms with Crippen molar-refractivity contribution in [1.29, 1.82) is 0 Å². The molecule has 0 saturated heterocycles. The number of nitrogens with zero attached hydrogens (tertiary/aromatic N) is 1. The number of hydrogen-bond acceptors (Lipinski definition) is 2. The molecule has 0 radical (unpaired) electrons. The molecular weight excluding hydrogens is 232 g/mol. The number of rotatable bonds is 8. The highest BCUT2D eigenvalue weighted by Crippen LogP contribution is 2.33. The van der Waals surface area contributed by atoms with Crippen LogP contribution in [0.4, 0.5) is 0 Å². The molecule has 2 heteroatoms. The molecule has 0 aromatic rings. The minimum atomic E-state index is 0.462. The Balaban J connectivity index is 1.79. The first-order valence-corrected chi connectivity index (χ1v) is 8.58. The standard InChI is InChI=1S/C17H34N2/c1-15(2)9-13-19(16-7-8-16)14-12-17(18-3)10-5-4-6-11-17/h15-16,18H,4-14H2,1-3H3. The second-order valence-corrected chi connectivity index (χ2v) is 7.29. The van der Waals surface area contributed by atoms with Crippen LogP contribution in [0.1, 0.15) is 71.6 Å². The van der Waals surface area contributed by atoms with Crippen LogP contribution >= 0.6 is 0 Å². The maximum atomic E-state index is 3.67. The molecule has 0 bridgehead atoms. The van der Waals surface area contributed by atoms with Crippen molar-refractivity contribution < 1.29 is 0 Å². The van der Waals surface area contributed by atoms with Gasteiger partial charge in [0.2, 0.25) is 0 Å². The van der Waals surface area contributed by atoms with Crippen LogP contribution in [0, 0.1) is 5.92 Å². The molecule has 0 atom stereocenters. The Morgan fingerprint density at radius 1 is 1.11 bits per heavy atom. The Morgan fingerprint density at radius 3 is 2.32 bits per heavy atom. The van der Waals surface area contributed by atoms with E-state index in [1.807, 2.05) is 0 Å². The zero-order valence-electron chi connectivity index (χ0n) is 13.4. The van der Waals surface area contributed by atoms with Crippen molar-refractivity contribution in [3.05, 3.63) is 0 Å². The van der Waals surface area contributed by atoms with Crippen molar-refractivity contribution in [2.75, 3.05) is 20.1 Å². The van der Waals surface area contributed by atoms with Gasteiger partial charge in [-0.2, -0.15) is 0 Å². The van der Waals surface area contributed by atoms with Crippen molar-refractivity contribution in [2.24, 2.45) is 5.92 Å². The zero-order chi connectivity index (χ0) is 13.7. The van der Waals surface area contributed by atoms with Gasteiger partial charge in [0.1, 0.15) is 0 Å². The average Bonchev–Trinajstić information content (AvgIpc) is 3.24. The number of nitrogens with one attached hydrogen (secondary N) is 1. The van der Waals surface area contributed by atoms with Gasteiger partial charge in [-0.25, -0.2) is 0 Å². The van der Waals surface area contributed by atoms with Crippen LogP contribution in [0.2, 0.25) is 0 Å². The van der Waals surface area contributed by atoms with Crippen LogP contribution in [0.15, 0.2) is 0 Å². The molecule has 1 N–H and O–H groups in total. The summed E-state index contributed by atoms with van der Waals surface area (Å²) in [6.07, 6.45) is 12.7. The van der Waals surface area contributed by atoms with Crippen LogP contribution < -0.4 is 5.32 Å². The molecule has 0 amide bonds. The summed E-state index contributed by atoms with van der Waals surface area (Å²) in [4.78, 5) is 2.79. The van der Waals surface area contributed by atoms with Crippen molar-refractivity contribution in [3.8, 4) is 0 Å². The Morgan fingerprint density at radius 2 is 1.79 bits per heavy atom. The molecule has 0 aromatic carbocycles. The maximum absolute atomic E-state index is 3.67. The molecule has 2 aliphatic rings. The third-order valence-electron chi connectivity index (χ3n) is 5.28. The molecule has 0 spiro atoms. The van der Waals surface area contributed by atoms with Gasteiger partial charge in [0, 0.05) is 18.1 Å². The van der Waals surface area contributed by atoms with Crippen LogP contribution in [0.25, 0.3) is 0 Å². The van der Waals surface area contributed by atoms with Crippen molar-refractivity contribution in [1.82, 2.24) is 10.2 Å². The molecule has 0 aliphatic heterocycles. The highest BCUT2D eigenvalue weighted by atomic mass is 15.2. The summed E-state index contributed by atoms with van der Waals surface area (Å²) in [5.74, 6) is 0.842. The van der Waals surface area contributed by atoms with E-state index in [1.54, 1.807) is 0 Å². The van der Waals surface area contributed by atoms with E-state index in [0.29, 0.717) is 5.54 Å². The average molecular weight is 266 g/mol. The molecule has 2 aliphatic carbocycles. The van der Waals surface area contributed by atoms with Crippen LogP contribution in [0.3, 0.4) is 0 Å². The minimum absolute atomic E-state index is 0.462. The number of hydrogen-bond donors (Lipinski definition) is 1. The van der Waals surface area contributed by atoms with E-state index in [-0.39, 0.29) is 0 Å². The smallest absolute Gasteiger partial charge is 0.0190 e. The topological polar surface area (TPSA) is 15.3 Å². The fourth-order valence-corrected chi connectivity index (χ4v) is 3.55. The lowest BCUT2D eigenvalue weighted by atomic mass is 9.79. The molecule has 2 nitrogen and oxygen atoms in total. The summed E-state index contributed by atoms with van der Waals surface area (Å²) in [7, 11) is 2.18. The highest BCUT2D eigenvalue weighted by Gasteiger charge is 2.33. The lowest BCUT2D eigenvalue weighted by Crippen LogP contribution is -2.47. The normalized spacial score (nSPS) is 23.2. The van der Waals surface area contributed by atoms with Crippen molar-refractivity contribution in [3.63, 3.8) is 0 Å². The first-order chi connectivity index (χ1) is 9.15. The molecule has 2 fully saturated rings. The monoisotopic (exact) mass is 266 g/mol. The minimum Gasteiger partial charge on any atom is -0.314 e. The molecule has 112 valence electrons. The van der Waals surface area contributed by atoms with E-state index >= 15 is 0 Å². The summed E-state index contributed by atoms with van der Waals surface area (Å²) in [6, 6.07) is 0.927.